The van der Waals surface area contributed by atoms with Crippen molar-refractivity contribution in [2.75, 3.05) is 13.2 Å². The third-order valence-corrected chi connectivity index (χ3v) is 6.67. The van der Waals surface area contributed by atoms with E-state index in [0.29, 0.717) is 30.0 Å². The van der Waals surface area contributed by atoms with Crippen LogP contribution in [0, 0.1) is 5.92 Å². The smallest absolute Gasteiger partial charge is 0.310 e. The minimum Gasteiger partial charge on any atom is -0.466 e. The first-order chi connectivity index (χ1) is 10.6. The number of hydrogen-bond acceptors (Lipinski definition) is 5. The lowest BCUT2D eigenvalue weighted by molar-refractivity contribution is -0.148. The molecule has 2 aliphatic rings. The molecule has 1 aromatic rings. The molecule has 1 aliphatic heterocycles. The molecule has 0 unspecified atom stereocenters. The van der Waals surface area contributed by atoms with Gasteiger partial charge in [-0.2, -0.15) is 0 Å². The van der Waals surface area contributed by atoms with E-state index in [2.05, 4.69) is 5.32 Å². The Labute approximate surface area is 143 Å². The second kappa shape index (κ2) is 7.20. The summed E-state index contributed by atoms with van der Waals surface area (Å²) in [4.78, 5) is 12.5. The predicted octanol–water partition coefficient (Wildman–Crippen LogP) is 2.26. The quantitative estimate of drug-likeness (QED) is 0.816. The van der Waals surface area contributed by atoms with Gasteiger partial charge in [0.05, 0.1) is 22.7 Å². The van der Waals surface area contributed by atoms with Crippen molar-refractivity contribution < 1.29 is 17.9 Å². The molecule has 0 aromatic heterocycles. The molecule has 1 aromatic carbocycles. The monoisotopic (exact) mass is 359 g/mol. The van der Waals surface area contributed by atoms with Gasteiger partial charge in [0.2, 0.25) is 0 Å². The van der Waals surface area contributed by atoms with Gasteiger partial charge in [-0.3, -0.25) is 4.79 Å². The van der Waals surface area contributed by atoms with Crippen molar-refractivity contribution in [2.45, 2.75) is 42.4 Å². The molecule has 0 amide bonds. The van der Waals surface area contributed by atoms with E-state index in [-0.39, 0.29) is 35.6 Å². The highest BCUT2D eigenvalue weighted by Crippen LogP contribution is 2.39. The summed E-state index contributed by atoms with van der Waals surface area (Å²) in [7, 11) is -3.29. The average Bonchev–Trinajstić information content (AvgIpc) is 3.26. The Bertz CT molecular complexity index is 672. The molecule has 7 heteroatoms. The largest absolute Gasteiger partial charge is 0.466 e. The lowest BCUT2D eigenvalue weighted by Gasteiger charge is -2.21. The highest BCUT2D eigenvalue weighted by Gasteiger charge is 2.42. The lowest BCUT2D eigenvalue weighted by atomic mass is 9.94. The second-order valence-electron chi connectivity index (χ2n) is 5.86. The number of carbonyl (C=O) groups is 1. The van der Waals surface area contributed by atoms with Gasteiger partial charge in [-0.1, -0.05) is 18.2 Å². The van der Waals surface area contributed by atoms with Crippen molar-refractivity contribution in [1.82, 2.24) is 5.32 Å². The molecule has 1 saturated heterocycles. The van der Waals surface area contributed by atoms with Crippen molar-refractivity contribution in [3.8, 4) is 0 Å². The highest BCUT2D eigenvalue weighted by atomic mass is 35.5. The Balaban J connectivity index is 0.00000192. The van der Waals surface area contributed by atoms with Crippen LogP contribution in [0.5, 0.6) is 0 Å². The molecule has 0 radical (unpaired) electrons. The van der Waals surface area contributed by atoms with E-state index in [1.807, 2.05) is 12.1 Å². The number of sulfone groups is 1. The molecule has 2 fully saturated rings. The van der Waals surface area contributed by atoms with E-state index < -0.39 is 9.84 Å². The summed E-state index contributed by atoms with van der Waals surface area (Å²) in [5.41, 5.74) is 0.699. The van der Waals surface area contributed by atoms with Gasteiger partial charge in [-0.05, 0) is 44.4 Å². The molecule has 0 bridgehead atoms. The summed E-state index contributed by atoms with van der Waals surface area (Å²) in [6.45, 7) is 2.80. The van der Waals surface area contributed by atoms with Crippen LogP contribution in [0.2, 0.25) is 0 Å². The molecule has 1 aliphatic carbocycles. The fraction of sp³-hybridized carbons (Fsp3) is 0.562. The van der Waals surface area contributed by atoms with E-state index >= 15 is 0 Å². The number of halogens is 1. The second-order valence-corrected chi connectivity index (χ2v) is 8.06. The van der Waals surface area contributed by atoms with E-state index in [1.165, 1.54) is 0 Å². The number of hydrogen-bond donors (Lipinski definition) is 1. The van der Waals surface area contributed by atoms with Gasteiger partial charge in [-0.15, -0.1) is 12.4 Å². The van der Waals surface area contributed by atoms with Gasteiger partial charge in [-0.25, -0.2) is 8.42 Å². The number of carbonyl (C=O) groups excluding carboxylic acids is 1. The minimum atomic E-state index is -3.29. The number of nitrogens with one attached hydrogen (secondary N) is 1. The summed E-state index contributed by atoms with van der Waals surface area (Å²) >= 11 is 0. The molecular formula is C16H22ClNO4S. The molecule has 23 heavy (non-hydrogen) atoms. The summed E-state index contributed by atoms with van der Waals surface area (Å²) in [6, 6.07) is 6.75. The zero-order valence-corrected chi connectivity index (χ0v) is 14.7. The van der Waals surface area contributed by atoms with Crippen LogP contribution in [0.3, 0.4) is 0 Å². The third kappa shape index (κ3) is 3.54. The van der Waals surface area contributed by atoms with Crippen LogP contribution in [0.1, 0.15) is 37.8 Å². The Hall–Kier alpha value is -1.11. The third-order valence-electron chi connectivity index (χ3n) is 4.34. The van der Waals surface area contributed by atoms with E-state index in [4.69, 9.17) is 4.74 Å². The Morgan fingerprint density at radius 1 is 1.26 bits per heavy atom. The zero-order chi connectivity index (χ0) is 15.7. The Kier molecular flexibility index (Phi) is 5.70. The molecule has 1 saturated carbocycles. The first-order valence-electron chi connectivity index (χ1n) is 7.78. The first kappa shape index (κ1) is 18.2. The van der Waals surface area contributed by atoms with Crippen LogP contribution in [0.4, 0.5) is 0 Å². The van der Waals surface area contributed by atoms with Crippen molar-refractivity contribution >= 4 is 28.2 Å². The number of ether oxygens (including phenoxy) is 1. The SMILES string of the molecule is CCOC(=O)[C@H]1CCN[C@H]1c1ccccc1S(=O)(=O)C1CC1.Cl. The average molecular weight is 360 g/mol. The zero-order valence-electron chi connectivity index (χ0n) is 13.0. The molecule has 2 atom stereocenters. The summed E-state index contributed by atoms with van der Waals surface area (Å²) in [6.07, 6.45) is 2.13. The van der Waals surface area contributed by atoms with Gasteiger partial charge >= 0.3 is 5.97 Å². The minimum absolute atomic E-state index is 0. The van der Waals surface area contributed by atoms with Crippen molar-refractivity contribution in [1.29, 1.82) is 0 Å². The van der Waals surface area contributed by atoms with Gasteiger partial charge < -0.3 is 10.1 Å². The van der Waals surface area contributed by atoms with Gasteiger partial charge in [0.1, 0.15) is 0 Å². The Morgan fingerprint density at radius 3 is 2.61 bits per heavy atom. The molecule has 1 heterocycles. The maximum Gasteiger partial charge on any atom is 0.310 e. The first-order valence-corrected chi connectivity index (χ1v) is 9.33. The van der Waals surface area contributed by atoms with Crippen molar-refractivity contribution in [2.24, 2.45) is 5.92 Å². The van der Waals surface area contributed by atoms with Gasteiger partial charge in [0, 0.05) is 6.04 Å². The van der Waals surface area contributed by atoms with Gasteiger partial charge in [0.25, 0.3) is 0 Å². The summed E-state index contributed by atoms with van der Waals surface area (Å²) < 4.78 is 30.4. The molecular weight excluding hydrogens is 338 g/mol. The van der Waals surface area contributed by atoms with Crippen LogP contribution >= 0.6 is 12.4 Å². The summed E-state index contributed by atoms with van der Waals surface area (Å²) in [5.74, 6) is -0.577. The maximum atomic E-state index is 12.6. The van der Waals surface area contributed by atoms with E-state index in [1.54, 1.807) is 19.1 Å². The lowest BCUT2D eigenvalue weighted by Crippen LogP contribution is -2.27. The number of benzene rings is 1. The standard InChI is InChI=1S/C16H21NO4S.ClH/c1-2-21-16(18)13-9-10-17-15(13)12-5-3-4-6-14(12)22(19,20)11-7-8-11;/h3-6,11,13,15,17H,2,7-10H2,1H3;1H/t13-,15-;/m0./s1. The van der Waals surface area contributed by atoms with Crippen LogP contribution in [-0.4, -0.2) is 32.8 Å². The fourth-order valence-corrected chi connectivity index (χ4v) is 5.00. The number of rotatable bonds is 5. The topological polar surface area (TPSA) is 72.5 Å². The van der Waals surface area contributed by atoms with E-state index in [0.717, 1.165) is 12.8 Å². The van der Waals surface area contributed by atoms with Gasteiger partial charge in [0.15, 0.2) is 9.84 Å². The van der Waals surface area contributed by atoms with E-state index in [9.17, 15) is 13.2 Å². The molecule has 128 valence electrons. The predicted molar refractivity (Wildman–Crippen MR) is 89.4 cm³/mol. The molecule has 0 spiro atoms. The van der Waals surface area contributed by atoms with Crippen LogP contribution in [0.25, 0.3) is 0 Å². The maximum absolute atomic E-state index is 12.6. The van der Waals surface area contributed by atoms with Crippen LogP contribution in [0.15, 0.2) is 29.2 Å². The summed E-state index contributed by atoms with van der Waals surface area (Å²) in [5, 5.41) is 3.02. The fourth-order valence-electron chi connectivity index (χ4n) is 3.09. The molecule has 5 nitrogen and oxygen atoms in total. The molecule has 3 rings (SSSR count). The normalized spacial score (nSPS) is 24.0. The van der Waals surface area contributed by atoms with Crippen LogP contribution in [-0.2, 0) is 19.4 Å². The molecule has 1 N–H and O–H groups in total. The van der Waals surface area contributed by atoms with Crippen molar-refractivity contribution in [3.05, 3.63) is 29.8 Å². The van der Waals surface area contributed by atoms with Crippen molar-refractivity contribution in [3.63, 3.8) is 0 Å². The highest BCUT2D eigenvalue weighted by molar-refractivity contribution is 7.92. The number of esters is 1. The Morgan fingerprint density at radius 2 is 1.96 bits per heavy atom. The van der Waals surface area contributed by atoms with Crippen LogP contribution < -0.4 is 5.32 Å².